The van der Waals surface area contributed by atoms with E-state index >= 15 is 0 Å². The highest BCUT2D eigenvalue weighted by Gasteiger charge is 2.14. The van der Waals surface area contributed by atoms with Gasteiger partial charge in [0, 0.05) is 5.02 Å². The van der Waals surface area contributed by atoms with Gasteiger partial charge in [-0.2, -0.15) is 13.5 Å². The average molecular weight is 445 g/mol. The maximum absolute atomic E-state index is 12.3. The van der Waals surface area contributed by atoms with E-state index in [0.29, 0.717) is 16.1 Å². The van der Waals surface area contributed by atoms with E-state index in [1.165, 1.54) is 31.5 Å². The number of rotatable bonds is 7. The number of ether oxygens (including phenoxy) is 2. The lowest BCUT2D eigenvalue weighted by Crippen LogP contribution is -2.18. The molecule has 3 rings (SSSR count). The molecule has 0 spiro atoms. The standard InChI is InChI=1S/C21H17ClN2O5S/c1-28-20-13-15(14-23-24-30(26,27)18-5-3-2-4-6-18)7-12-19(20)29-21(25)16-8-10-17(22)11-9-16/h2-14,24H,1H3/b23-14+. The molecular formula is C21H17ClN2O5S. The number of hydrogen-bond acceptors (Lipinski definition) is 6. The Hall–Kier alpha value is -3.36. The van der Waals surface area contributed by atoms with Gasteiger partial charge in [-0.15, -0.1) is 0 Å². The first kappa shape index (κ1) is 21.4. The van der Waals surface area contributed by atoms with Gasteiger partial charge in [-0.1, -0.05) is 29.8 Å². The molecule has 0 saturated carbocycles. The molecule has 154 valence electrons. The number of benzene rings is 3. The van der Waals surface area contributed by atoms with Crippen molar-refractivity contribution in [3.63, 3.8) is 0 Å². The molecule has 0 saturated heterocycles. The minimum absolute atomic E-state index is 0.101. The zero-order chi connectivity index (χ0) is 21.6. The van der Waals surface area contributed by atoms with Gasteiger partial charge in [0.05, 0.1) is 23.8 Å². The zero-order valence-electron chi connectivity index (χ0n) is 15.8. The first-order valence-corrected chi connectivity index (χ1v) is 10.5. The van der Waals surface area contributed by atoms with Crippen LogP contribution in [0.4, 0.5) is 0 Å². The van der Waals surface area contributed by atoms with Crippen LogP contribution in [0.3, 0.4) is 0 Å². The van der Waals surface area contributed by atoms with Crippen molar-refractivity contribution in [1.82, 2.24) is 4.83 Å². The Labute approximate surface area is 179 Å². The van der Waals surface area contributed by atoms with Crippen LogP contribution in [0.2, 0.25) is 5.02 Å². The first-order chi connectivity index (χ1) is 14.4. The second-order valence-electron chi connectivity index (χ2n) is 5.97. The molecule has 7 nitrogen and oxygen atoms in total. The molecule has 0 aliphatic heterocycles. The Morgan fingerprint density at radius 1 is 1.00 bits per heavy atom. The third kappa shape index (κ3) is 5.37. The SMILES string of the molecule is COc1cc(/C=N/NS(=O)(=O)c2ccccc2)ccc1OC(=O)c1ccc(Cl)cc1. The molecule has 0 radical (unpaired) electrons. The Morgan fingerprint density at radius 2 is 1.70 bits per heavy atom. The van der Waals surface area contributed by atoms with E-state index in [4.69, 9.17) is 21.1 Å². The Morgan fingerprint density at radius 3 is 2.37 bits per heavy atom. The predicted molar refractivity (Wildman–Crippen MR) is 114 cm³/mol. The summed E-state index contributed by atoms with van der Waals surface area (Å²) in [5.74, 6) is -0.0753. The highest BCUT2D eigenvalue weighted by Crippen LogP contribution is 2.28. The minimum Gasteiger partial charge on any atom is -0.493 e. The van der Waals surface area contributed by atoms with Crippen molar-refractivity contribution in [3.8, 4) is 11.5 Å². The molecule has 0 aromatic heterocycles. The summed E-state index contributed by atoms with van der Waals surface area (Å²) in [6, 6.07) is 18.9. The van der Waals surface area contributed by atoms with Gasteiger partial charge in [-0.25, -0.2) is 9.63 Å². The molecule has 0 bridgehead atoms. The largest absolute Gasteiger partial charge is 0.493 e. The van der Waals surface area contributed by atoms with Gasteiger partial charge in [-0.3, -0.25) is 0 Å². The molecule has 30 heavy (non-hydrogen) atoms. The number of hydrazone groups is 1. The number of halogens is 1. The molecule has 0 fully saturated rings. The quantitative estimate of drug-likeness (QED) is 0.258. The van der Waals surface area contributed by atoms with Gasteiger partial charge < -0.3 is 9.47 Å². The number of carbonyl (C=O) groups excluding carboxylic acids is 1. The van der Waals surface area contributed by atoms with E-state index in [1.807, 2.05) is 0 Å². The van der Waals surface area contributed by atoms with Gasteiger partial charge >= 0.3 is 5.97 Å². The van der Waals surface area contributed by atoms with E-state index in [9.17, 15) is 13.2 Å². The molecular weight excluding hydrogens is 428 g/mol. The summed E-state index contributed by atoms with van der Waals surface area (Å²) in [6.07, 6.45) is 1.31. The van der Waals surface area contributed by atoms with Crippen LogP contribution in [0.1, 0.15) is 15.9 Å². The summed E-state index contributed by atoms with van der Waals surface area (Å²) in [5, 5.41) is 4.28. The molecule has 1 N–H and O–H groups in total. The molecule has 0 atom stereocenters. The second kappa shape index (κ2) is 9.43. The maximum Gasteiger partial charge on any atom is 0.343 e. The highest BCUT2D eigenvalue weighted by atomic mass is 35.5. The number of esters is 1. The zero-order valence-corrected chi connectivity index (χ0v) is 17.4. The van der Waals surface area contributed by atoms with Crippen molar-refractivity contribution in [2.45, 2.75) is 4.90 Å². The van der Waals surface area contributed by atoms with Crippen LogP contribution < -0.4 is 14.3 Å². The minimum atomic E-state index is -3.76. The fourth-order valence-corrected chi connectivity index (χ4v) is 3.35. The summed E-state index contributed by atoms with van der Waals surface area (Å²) in [5.41, 5.74) is 0.872. The topological polar surface area (TPSA) is 94.1 Å². The second-order valence-corrected chi connectivity index (χ2v) is 8.07. The van der Waals surface area contributed by atoms with Crippen molar-refractivity contribution in [1.29, 1.82) is 0 Å². The summed E-state index contributed by atoms with van der Waals surface area (Å²) >= 11 is 5.82. The molecule has 0 aliphatic rings. The van der Waals surface area contributed by atoms with Crippen LogP contribution in [-0.4, -0.2) is 27.7 Å². The maximum atomic E-state index is 12.3. The molecule has 0 heterocycles. The number of nitrogens with zero attached hydrogens (tertiary/aromatic N) is 1. The van der Waals surface area contributed by atoms with Crippen LogP contribution in [0.25, 0.3) is 0 Å². The van der Waals surface area contributed by atoms with Crippen molar-refractivity contribution >= 4 is 33.8 Å². The lowest BCUT2D eigenvalue weighted by Gasteiger charge is -2.10. The van der Waals surface area contributed by atoms with Crippen molar-refractivity contribution in [3.05, 3.63) is 88.9 Å². The number of hydrogen-bond donors (Lipinski definition) is 1. The Balaban J connectivity index is 1.71. The molecule has 0 amide bonds. The monoisotopic (exact) mass is 444 g/mol. The Bertz CT molecular complexity index is 1160. The highest BCUT2D eigenvalue weighted by molar-refractivity contribution is 7.89. The fourth-order valence-electron chi connectivity index (χ4n) is 2.42. The van der Waals surface area contributed by atoms with E-state index < -0.39 is 16.0 Å². The van der Waals surface area contributed by atoms with Crippen LogP contribution in [0.15, 0.2) is 82.8 Å². The van der Waals surface area contributed by atoms with Gasteiger partial charge in [0.25, 0.3) is 10.0 Å². The number of sulfonamides is 1. The number of carbonyl (C=O) groups is 1. The van der Waals surface area contributed by atoms with Crippen LogP contribution in [0, 0.1) is 0 Å². The summed E-state index contributed by atoms with van der Waals surface area (Å²) < 4.78 is 35.0. The van der Waals surface area contributed by atoms with Crippen molar-refractivity contribution in [2.75, 3.05) is 7.11 Å². The third-order valence-corrected chi connectivity index (χ3v) is 5.40. The molecule has 0 aliphatic carbocycles. The normalized spacial score (nSPS) is 11.3. The summed E-state index contributed by atoms with van der Waals surface area (Å²) in [4.78, 5) is 14.5. The fraction of sp³-hybridized carbons (Fsp3) is 0.0476. The third-order valence-electron chi connectivity index (χ3n) is 3.91. The van der Waals surface area contributed by atoms with Gasteiger partial charge in [0.1, 0.15) is 0 Å². The van der Waals surface area contributed by atoms with Crippen LogP contribution >= 0.6 is 11.6 Å². The number of nitrogens with one attached hydrogen (secondary N) is 1. The molecule has 3 aromatic rings. The van der Waals surface area contributed by atoms with Crippen molar-refractivity contribution < 1.29 is 22.7 Å². The van der Waals surface area contributed by atoms with E-state index in [2.05, 4.69) is 9.93 Å². The van der Waals surface area contributed by atoms with Crippen LogP contribution in [-0.2, 0) is 10.0 Å². The van der Waals surface area contributed by atoms with Gasteiger partial charge in [0.2, 0.25) is 0 Å². The Kier molecular flexibility index (Phi) is 6.71. The summed E-state index contributed by atoms with van der Waals surface area (Å²) in [6.45, 7) is 0. The van der Waals surface area contributed by atoms with E-state index in [1.54, 1.807) is 54.6 Å². The van der Waals surface area contributed by atoms with Crippen LogP contribution in [0.5, 0.6) is 11.5 Å². The van der Waals surface area contributed by atoms with Crippen molar-refractivity contribution in [2.24, 2.45) is 5.10 Å². The smallest absolute Gasteiger partial charge is 0.343 e. The molecule has 0 unspecified atom stereocenters. The van der Waals surface area contributed by atoms with E-state index in [0.717, 1.165) is 0 Å². The van der Waals surface area contributed by atoms with Gasteiger partial charge in [0.15, 0.2) is 11.5 Å². The summed E-state index contributed by atoms with van der Waals surface area (Å²) in [7, 11) is -2.34. The lowest BCUT2D eigenvalue weighted by atomic mass is 10.2. The van der Waals surface area contributed by atoms with Gasteiger partial charge in [-0.05, 0) is 60.2 Å². The molecule has 3 aromatic carbocycles. The lowest BCUT2D eigenvalue weighted by molar-refractivity contribution is 0.0729. The predicted octanol–water partition coefficient (Wildman–Crippen LogP) is 3.88. The first-order valence-electron chi connectivity index (χ1n) is 8.65. The average Bonchev–Trinajstić information content (AvgIpc) is 2.75. The molecule has 9 heteroatoms. The van der Waals surface area contributed by atoms with E-state index in [-0.39, 0.29) is 16.4 Å². The number of methoxy groups -OCH3 is 1.